The highest BCUT2D eigenvalue weighted by Gasteiger charge is 2.34. The van der Waals surface area contributed by atoms with Crippen LogP contribution < -0.4 is 10.2 Å². The predicted molar refractivity (Wildman–Crippen MR) is 120 cm³/mol. The first-order valence-electron chi connectivity index (χ1n) is 11.2. The molecule has 1 saturated heterocycles. The van der Waals surface area contributed by atoms with Crippen LogP contribution in [0.5, 0.6) is 0 Å². The quantitative estimate of drug-likeness (QED) is 0.715. The van der Waals surface area contributed by atoms with Crippen molar-refractivity contribution in [1.82, 2.24) is 20.2 Å². The Kier molecular flexibility index (Phi) is 6.48. The third-order valence-corrected chi connectivity index (χ3v) is 6.18. The minimum Gasteiger partial charge on any atom is -0.347 e. The molecule has 3 amide bonds. The molecule has 8 heteroatoms. The lowest BCUT2D eigenvalue weighted by atomic mass is 10.1. The van der Waals surface area contributed by atoms with E-state index in [1.54, 1.807) is 9.80 Å². The van der Waals surface area contributed by atoms with Gasteiger partial charge in [0.1, 0.15) is 11.6 Å². The molecule has 1 aromatic heterocycles. The molecule has 0 bridgehead atoms. The number of fused-ring (bicyclic) bond motifs is 1. The Balaban J connectivity index is 1.44. The Bertz CT molecular complexity index is 1020. The van der Waals surface area contributed by atoms with Crippen LogP contribution in [0.25, 0.3) is 0 Å². The Morgan fingerprint density at radius 2 is 1.97 bits per heavy atom. The van der Waals surface area contributed by atoms with E-state index in [-0.39, 0.29) is 30.2 Å². The Labute approximate surface area is 188 Å². The zero-order chi connectivity index (χ0) is 22.7. The summed E-state index contributed by atoms with van der Waals surface area (Å²) in [6.07, 6.45) is 2.89. The van der Waals surface area contributed by atoms with E-state index in [9.17, 15) is 14.4 Å². The van der Waals surface area contributed by atoms with Crippen molar-refractivity contribution in [1.29, 1.82) is 0 Å². The number of aryl methyl sites for hydroxylation is 2. The van der Waals surface area contributed by atoms with Crippen LogP contribution >= 0.6 is 0 Å². The normalized spacial score (nSPS) is 17.6. The molecule has 32 heavy (non-hydrogen) atoms. The molecular formula is C24H29N5O3. The summed E-state index contributed by atoms with van der Waals surface area (Å²) in [5.41, 5.74) is 3.01. The first kappa shape index (κ1) is 21.9. The van der Waals surface area contributed by atoms with Crippen molar-refractivity contribution < 1.29 is 14.4 Å². The molecule has 1 aromatic carbocycles. The Morgan fingerprint density at radius 1 is 1.19 bits per heavy atom. The van der Waals surface area contributed by atoms with E-state index in [1.807, 2.05) is 25.1 Å². The van der Waals surface area contributed by atoms with Crippen LogP contribution in [0, 0.1) is 6.92 Å². The van der Waals surface area contributed by atoms with Crippen molar-refractivity contribution in [3.8, 4) is 0 Å². The average Bonchev–Trinajstić information content (AvgIpc) is 3.39. The summed E-state index contributed by atoms with van der Waals surface area (Å²) in [5, 5.41) is 2.56. The van der Waals surface area contributed by atoms with Gasteiger partial charge in [0.15, 0.2) is 0 Å². The first-order chi connectivity index (χ1) is 15.4. The van der Waals surface area contributed by atoms with E-state index >= 15 is 0 Å². The zero-order valence-corrected chi connectivity index (χ0v) is 18.6. The number of hydrogen-bond donors (Lipinski definition) is 1. The standard InChI is InChI=1S/C24H29N5O3/c1-16-20-13-21(31)29(11-6-9-18-7-4-3-5-8-18)24(20)27-23(26-16)19-10-12-28(15-19)22(32)14-25-17(2)30/h3-5,7-8,19H,6,9-15H2,1-2H3,(H,25,30)/t19-/m1/s1. The maximum Gasteiger partial charge on any atom is 0.241 e. The van der Waals surface area contributed by atoms with E-state index in [0.717, 1.165) is 36.3 Å². The van der Waals surface area contributed by atoms with E-state index in [1.165, 1.54) is 12.5 Å². The second-order valence-electron chi connectivity index (χ2n) is 8.52. The van der Waals surface area contributed by atoms with Gasteiger partial charge in [-0.15, -0.1) is 0 Å². The molecule has 4 rings (SSSR count). The fourth-order valence-electron chi connectivity index (χ4n) is 4.41. The first-order valence-corrected chi connectivity index (χ1v) is 11.2. The number of rotatable bonds is 7. The third-order valence-electron chi connectivity index (χ3n) is 6.18. The molecule has 2 aromatic rings. The van der Waals surface area contributed by atoms with Gasteiger partial charge in [0.05, 0.1) is 13.0 Å². The highest BCUT2D eigenvalue weighted by atomic mass is 16.2. The average molecular weight is 436 g/mol. The van der Waals surface area contributed by atoms with Crippen LogP contribution in [0.2, 0.25) is 0 Å². The van der Waals surface area contributed by atoms with Gasteiger partial charge < -0.3 is 10.2 Å². The highest BCUT2D eigenvalue weighted by Crippen LogP contribution is 2.33. The smallest absolute Gasteiger partial charge is 0.241 e. The van der Waals surface area contributed by atoms with Crippen molar-refractivity contribution in [2.75, 3.05) is 31.1 Å². The molecule has 168 valence electrons. The number of nitrogens with one attached hydrogen (secondary N) is 1. The van der Waals surface area contributed by atoms with Crippen LogP contribution in [0.1, 0.15) is 48.3 Å². The summed E-state index contributed by atoms with van der Waals surface area (Å²) in [6.45, 7) is 5.10. The number of amides is 3. The number of carbonyl (C=O) groups is 3. The SMILES string of the molecule is CC(=O)NCC(=O)N1CC[C@@H](c2nc(C)c3c(n2)N(CCCc2ccccc2)C(=O)C3)C1. The molecule has 1 fully saturated rings. The van der Waals surface area contributed by atoms with Crippen molar-refractivity contribution in [3.05, 3.63) is 53.0 Å². The van der Waals surface area contributed by atoms with E-state index in [0.29, 0.717) is 31.9 Å². The maximum atomic E-state index is 12.7. The van der Waals surface area contributed by atoms with E-state index in [4.69, 9.17) is 9.97 Å². The molecule has 2 aliphatic rings. The summed E-state index contributed by atoms with van der Waals surface area (Å²) in [4.78, 5) is 49.1. The molecule has 2 aliphatic heterocycles. The highest BCUT2D eigenvalue weighted by molar-refractivity contribution is 6.00. The molecule has 0 unspecified atom stereocenters. The lowest BCUT2D eigenvalue weighted by Gasteiger charge is -2.19. The molecular weight excluding hydrogens is 406 g/mol. The molecule has 0 radical (unpaired) electrons. The van der Waals surface area contributed by atoms with E-state index < -0.39 is 0 Å². The summed E-state index contributed by atoms with van der Waals surface area (Å²) in [5.74, 6) is 1.21. The summed E-state index contributed by atoms with van der Waals surface area (Å²) >= 11 is 0. The largest absolute Gasteiger partial charge is 0.347 e. The molecule has 0 aliphatic carbocycles. The predicted octanol–water partition coefficient (Wildman–Crippen LogP) is 1.76. The van der Waals surface area contributed by atoms with Gasteiger partial charge in [0, 0.05) is 43.7 Å². The van der Waals surface area contributed by atoms with Gasteiger partial charge in [-0.25, -0.2) is 9.97 Å². The molecule has 0 spiro atoms. The van der Waals surface area contributed by atoms with Crippen molar-refractivity contribution >= 4 is 23.5 Å². The fraction of sp³-hybridized carbons (Fsp3) is 0.458. The number of nitrogens with zero attached hydrogens (tertiary/aromatic N) is 4. The van der Waals surface area contributed by atoms with Gasteiger partial charge in [-0.3, -0.25) is 19.3 Å². The Hall–Kier alpha value is -3.29. The fourth-order valence-corrected chi connectivity index (χ4v) is 4.41. The molecule has 0 saturated carbocycles. The Morgan fingerprint density at radius 3 is 2.72 bits per heavy atom. The van der Waals surface area contributed by atoms with Crippen LogP contribution in [-0.4, -0.2) is 58.8 Å². The lowest BCUT2D eigenvalue weighted by Crippen LogP contribution is -2.38. The van der Waals surface area contributed by atoms with Gasteiger partial charge in [-0.1, -0.05) is 30.3 Å². The summed E-state index contributed by atoms with van der Waals surface area (Å²) in [7, 11) is 0. The van der Waals surface area contributed by atoms with Crippen molar-refractivity contribution in [3.63, 3.8) is 0 Å². The number of carbonyl (C=O) groups excluding carboxylic acids is 3. The monoisotopic (exact) mass is 435 g/mol. The molecule has 1 N–H and O–H groups in total. The van der Waals surface area contributed by atoms with Crippen LogP contribution in [0.15, 0.2) is 30.3 Å². The topological polar surface area (TPSA) is 95.5 Å². The number of anilines is 1. The minimum absolute atomic E-state index is 0.00974. The van der Waals surface area contributed by atoms with Crippen LogP contribution in [-0.2, 0) is 27.2 Å². The van der Waals surface area contributed by atoms with Gasteiger partial charge in [0.2, 0.25) is 17.7 Å². The van der Waals surface area contributed by atoms with E-state index in [2.05, 4.69) is 17.4 Å². The zero-order valence-electron chi connectivity index (χ0n) is 18.6. The maximum absolute atomic E-state index is 12.7. The lowest BCUT2D eigenvalue weighted by molar-refractivity contribution is -0.131. The number of aromatic nitrogens is 2. The van der Waals surface area contributed by atoms with Crippen LogP contribution in [0.4, 0.5) is 5.82 Å². The van der Waals surface area contributed by atoms with Gasteiger partial charge >= 0.3 is 0 Å². The minimum atomic E-state index is -0.219. The summed E-state index contributed by atoms with van der Waals surface area (Å²) < 4.78 is 0. The number of benzene rings is 1. The summed E-state index contributed by atoms with van der Waals surface area (Å²) in [6, 6.07) is 10.3. The van der Waals surface area contributed by atoms with Crippen molar-refractivity contribution in [2.45, 2.75) is 45.4 Å². The van der Waals surface area contributed by atoms with Gasteiger partial charge in [0.25, 0.3) is 0 Å². The number of hydrogen-bond acceptors (Lipinski definition) is 5. The number of likely N-dealkylation sites (tertiary alicyclic amines) is 1. The van der Waals surface area contributed by atoms with Gasteiger partial charge in [-0.05, 0) is 31.7 Å². The third kappa shape index (κ3) is 4.79. The van der Waals surface area contributed by atoms with Crippen LogP contribution in [0.3, 0.4) is 0 Å². The van der Waals surface area contributed by atoms with Gasteiger partial charge in [-0.2, -0.15) is 0 Å². The van der Waals surface area contributed by atoms with Crippen molar-refractivity contribution in [2.24, 2.45) is 0 Å². The second-order valence-corrected chi connectivity index (χ2v) is 8.52. The molecule has 1 atom stereocenters. The second kappa shape index (κ2) is 9.46. The molecule has 3 heterocycles. The molecule has 8 nitrogen and oxygen atoms in total.